The van der Waals surface area contributed by atoms with Gasteiger partial charge in [-0.15, -0.1) is 0 Å². The Morgan fingerprint density at radius 2 is 1.65 bits per heavy atom. The predicted octanol–water partition coefficient (Wildman–Crippen LogP) is -3.73. The van der Waals surface area contributed by atoms with Gasteiger partial charge in [0.05, 0.1) is 25.1 Å². The van der Waals surface area contributed by atoms with Gasteiger partial charge in [-0.05, 0) is 6.92 Å². The van der Waals surface area contributed by atoms with Crippen LogP contribution in [0.1, 0.15) is 13.3 Å². The maximum absolute atomic E-state index is 12.0. The van der Waals surface area contributed by atoms with E-state index >= 15 is 0 Å². The molecule has 13 heteroatoms. The van der Waals surface area contributed by atoms with Crippen molar-refractivity contribution in [2.75, 3.05) is 12.3 Å². The number of carboxylic acid groups (broad SMARTS) is 2. The van der Waals surface area contributed by atoms with Crippen LogP contribution in [0.25, 0.3) is 0 Å². The van der Waals surface area contributed by atoms with E-state index in [1.807, 2.05) is 0 Å². The summed E-state index contributed by atoms with van der Waals surface area (Å²) in [6.07, 6.45) is -1.99. The number of nitrogens with two attached hydrogens (primary N) is 1. The van der Waals surface area contributed by atoms with Gasteiger partial charge in [-0.25, -0.2) is 4.79 Å². The molecule has 4 unspecified atom stereocenters. The lowest BCUT2D eigenvalue weighted by atomic mass is 10.1. The van der Waals surface area contributed by atoms with Gasteiger partial charge in [0.25, 0.3) is 0 Å². The maximum Gasteiger partial charge on any atom is 0.328 e. The van der Waals surface area contributed by atoms with E-state index in [9.17, 15) is 29.1 Å². The summed E-state index contributed by atoms with van der Waals surface area (Å²) in [6.45, 7) is 0.589. The molecule has 0 aliphatic rings. The molecule has 148 valence electrons. The Hall–Kier alpha value is -2.38. The second-order valence-electron chi connectivity index (χ2n) is 5.29. The van der Waals surface area contributed by atoms with Crippen LogP contribution in [0.5, 0.6) is 0 Å². The van der Waals surface area contributed by atoms with Crippen molar-refractivity contribution in [3.8, 4) is 0 Å². The zero-order valence-corrected chi connectivity index (χ0v) is 14.7. The molecule has 0 spiro atoms. The third-order valence-electron chi connectivity index (χ3n) is 3.03. The number of rotatable bonds is 11. The van der Waals surface area contributed by atoms with Crippen LogP contribution in [0.2, 0.25) is 0 Å². The monoisotopic (exact) mass is 394 g/mol. The van der Waals surface area contributed by atoms with Crippen molar-refractivity contribution < 1.29 is 39.3 Å². The lowest BCUT2D eigenvalue weighted by Gasteiger charge is -2.21. The molecule has 3 amide bonds. The van der Waals surface area contributed by atoms with Crippen LogP contribution < -0.4 is 21.7 Å². The van der Waals surface area contributed by atoms with Gasteiger partial charge in [-0.1, -0.05) is 0 Å². The first kappa shape index (κ1) is 23.6. The highest BCUT2D eigenvalue weighted by Gasteiger charge is 2.29. The van der Waals surface area contributed by atoms with Crippen molar-refractivity contribution in [1.29, 1.82) is 0 Å². The van der Waals surface area contributed by atoms with Crippen LogP contribution in [-0.2, 0) is 24.0 Å². The van der Waals surface area contributed by atoms with Crippen molar-refractivity contribution >= 4 is 42.3 Å². The first-order chi connectivity index (χ1) is 12.0. The maximum atomic E-state index is 12.0. The average molecular weight is 394 g/mol. The summed E-state index contributed by atoms with van der Waals surface area (Å²) in [5.41, 5.74) is 5.31. The van der Waals surface area contributed by atoms with Crippen molar-refractivity contribution in [1.82, 2.24) is 16.0 Å². The van der Waals surface area contributed by atoms with Crippen LogP contribution in [0, 0.1) is 0 Å². The van der Waals surface area contributed by atoms with E-state index in [2.05, 4.69) is 28.6 Å². The molecule has 0 heterocycles. The van der Waals surface area contributed by atoms with Crippen LogP contribution >= 0.6 is 12.6 Å². The first-order valence-electron chi connectivity index (χ1n) is 7.36. The molecule has 0 fully saturated rings. The van der Waals surface area contributed by atoms with Crippen LogP contribution in [0.4, 0.5) is 0 Å². The van der Waals surface area contributed by atoms with Crippen LogP contribution in [0.3, 0.4) is 0 Å². The van der Waals surface area contributed by atoms with E-state index in [1.165, 1.54) is 6.92 Å². The number of carboxylic acids is 2. The van der Waals surface area contributed by atoms with E-state index in [1.54, 1.807) is 0 Å². The van der Waals surface area contributed by atoms with Crippen LogP contribution in [-0.4, -0.2) is 81.5 Å². The molecule has 0 aromatic carbocycles. The van der Waals surface area contributed by atoms with Gasteiger partial charge >= 0.3 is 11.9 Å². The Labute approximate surface area is 153 Å². The summed E-state index contributed by atoms with van der Waals surface area (Å²) in [6, 6.07) is -4.14. The molecule has 4 atom stereocenters. The first-order valence-corrected chi connectivity index (χ1v) is 7.99. The van der Waals surface area contributed by atoms with E-state index in [0.29, 0.717) is 0 Å². The minimum Gasteiger partial charge on any atom is -0.481 e. The smallest absolute Gasteiger partial charge is 0.328 e. The third kappa shape index (κ3) is 8.64. The molecule has 0 saturated carbocycles. The highest BCUT2D eigenvalue weighted by atomic mass is 32.1. The molecule has 0 bridgehead atoms. The standard InChI is InChI=1S/C13H22N4O8S/c1-5(18)10(13(24)25)17-12(23)7(4-26)16-8(19)3-15-11(22)6(14)2-9(20)21/h5-7,10,18,26H,2-4,14H2,1H3,(H,15,22)(H,16,19)(H,17,23)(H,20,21)(H,24,25). The van der Waals surface area contributed by atoms with E-state index in [4.69, 9.17) is 15.9 Å². The number of aliphatic carboxylic acids is 2. The summed E-state index contributed by atoms with van der Waals surface area (Å²) < 4.78 is 0. The van der Waals surface area contributed by atoms with E-state index < -0.39 is 66.9 Å². The Morgan fingerprint density at radius 1 is 1.08 bits per heavy atom. The zero-order chi connectivity index (χ0) is 20.4. The fraction of sp³-hybridized carbons (Fsp3) is 0.615. The van der Waals surface area contributed by atoms with Crippen molar-refractivity contribution in [3.05, 3.63) is 0 Å². The lowest BCUT2D eigenvalue weighted by molar-refractivity contribution is -0.145. The van der Waals surface area contributed by atoms with Crippen LogP contribution in [0.15, 0.2) is 0 Å². The van der Waals surface area contributed by atoms with Crippen molar-refractivity contribution in [2.24, 2.45) is 5.73 Å². The van der Waals surface area contributed by atoms with E-state index in [-0.39, 0.29) is 5.75 Å². The highest BCUT2D eigenvalue weighted by Crippen LogP contribution is 1.97. The second-order valence-corrected chi connectivity index (χ2v) is 5.66. The normalized spacial score (nSPS) is 15.1. The number of nitrogens with one attached hydrogen (secondary N) is 3. The summed E-state index contributed by atoms with van der Waals surface area (Å²) in [5.74, 6) is -5.49. The lowest BCUT2D eigenvalue weighted by Crippen LogP contribution is -2.56. The Kier molecular flexibility index (Phi) is 10.2. The van der Waals surface area contributed by atoms with Gasteiger partial charge in [-0.3, -0.25) is 19.2 Å². The molecular weight excluding hydrogens is 372 g/mol. The molecule has 0 rings (SSSR count). The largest absolute Gasteiger partial charge is 0.481 e. The fourth-order valence-corrected chi connectivity index (χ4v) is 1.92. The number of hydrogen-bond acceptors (Lipinski definition) is 8. The second kappa shape index (κ2) is 11.3. The van der Waals surface area contributed by atoms with Gasteiger partial charge in [-0.2, -0.15) is 12.6 Å². The number of thiol groups is 1. The molecule has 0 aromatic rings. The fourth-order valence-electron chi connectivity index (χ4n) is 1.66. The number of carbonyl (C=O) groups is 5. The Balaban J connectivity index is 4.59. The molecule has 0 aliphatic heterocycles. The number of aliphatic hydroxyl groups excluding tert-OH is 1. The number of carbonyl (C=O) groups excluding carboxylic acids is 3. The van der Waals surface area contributed by atoms with Gasteiger partial charge in [0.15, 0.2) is 6.04 Å². The number of hydrogen-bond donors (Lipinski definition) is 8. The van der Waals surface area contributed by atoms with Gasteiger partial charge in [0, 0.05) is 5.75 Å². The molecule has 26 heavy (non-hydrogen) atoms. The SMILES string of the molecule is CC(O)C(NC(=O)C(CS)NC(=O)CNC(=O)C(N)CC(=O)O)C(=O)O. The highest BCUT2D eigenvalue weighted by molar-refractivity contribution is 7.80. The molecule has 0 aliphatic carbocycles. The average Bonchev–Trinajstić information content (AvgIpc) is 2.53. The Bertz CT molecular complexity index is 556. The summed E-state index contributed by atoms with van der Waals surface area (Å²) in [4.78, 5) is 56.6. The van der Waals surface area contributed by atoms with Gasteiger partial charge < -0.3 is 37.0 Å². The minimum absolute atomic E-state index is 0.184. The summed E-state index contributed by atoms with van der Waals surface area (Å²) in [7, 11) is 0. The number of amides is 3. The summed E-state index contributed by atoms with van der Waals surface area (Å²) in [5, 5.41) is 33.1. The van der Waals surface area contributed by atoms with E-state index in [0.717, 1.165) is 0 Å². The molecular formula is C13H22N4O8S. The van der Waals surface area contributed by atoms with Gasteiger partial charge in [0.1, 0.15) is 6.04 Å². The van der Waals surface area contributed by atoms with Gasteiger partial charge in [0.2, 0.25) is 17.7 Å². The minimum atomic E-state index is -1.57. The molecule has 0 aromatic heterocycles. The quantitative estimate of drug-likeness (QED) is 0.162. The van der Waals surface area contributed by atoms with Crippen molar-refractivity contribution in [2.45, 2.75) is 37.6 Å². The summed E-state index contributed by atoms with van der Waals surface area (Å²) >= 11 is 3.88. The zero-order valence-electron chi connectivity index (χ0n) is 13.8. The molecule has 12 nitrogen and oxygen atoms in total. The third-order valence-corrected chi connectivity index (χ3v) is 3.40. The molecule has 8 N–H and O–H groups in total. The molecule has 0 saturated heterocycles. The number of aliphatic hydroxyl groups is 1. The van der Waals surface area contributed by atoms with Crippen molar-refractivity contribution in [3.63, 3.8) is 0 Å². The topological polar surface area (TPSA) is 208 Å². The predicted molar refractivity (Wildman–Crippen MR) is 90.3 cm³/mol. The Morgan fingerprint density at radius 3 is 2.08 bits per heavy atom. The molecule has 0 radical (unpaired) electrons.